The van der Waals surface area contributed by atoms with Crippen LogP contribution in [0.2, 0.25) is 0 Å². The molecule has 26 heavy (non-hydrogen) atoms. The number of amides is 1. The van der Waals surface area contributed by atoms with Gasteiger partial charge >= 0.3 is 5.97 Å². The Morgan fingerprint density at radius 3 is 2.62 bits per heavy atom. The summed E-state index contributed by atoms with van der Waals surface area (Å²) in [5.74, 6) is 0.372. The van der Waals surface area contributed by atoms with Crippen molar-refractivity contribution in [3.05, 3.63) is 65.7 Å². The van der Waals surface area contributed by atoms with Gasteiger partial charge in [0.2, 0.25) is 0 Å². The summed E-state index contributed by atoms with van der Waals surface area (Å²) in [6, 6.07) is 14.6. The SMILES string of the molecule is COc1cccc(CNC(=O)COC(=O)/C=C/c2ccccc2OC)c1. The average molecular weight is 355 g/mol. The van der Waals surface area contributed by atoms with E-state index in [1.54, 1.807) is 26.4 Å². The summed E-state index contributed by atoms with van der Waals surface area (Å²) in [4.78, 5) is 23.5. The van der Waals surface area contributed by atoms with E-state index in [4.69, 9.17) is 14.2 Å². The van der Waals surface area contributed by atoms with E-state index in [-0.39, 0.29) is 12.5 Å². The van der Waals surface area contributed by atoms with Crippen LogP contribution in [0.3, 0.4) is 0 Å². The highest BCUT2D eigenvalue weighted by atomic mass is 16.5. The molecule has 2 aromatic carbocycles. The van der Waals surface area contributed by atoms with Gasteiger partial charge in [0, 0.05) is 18.2 Å². The van der Waals surface area contributed by atoms with Crippen LogP contribution in [-0.4, -0.2) is 32.7 Å². The number of esters is 1. The first-order valence-electron chi connectivity index (χ1n) is 8.00. The molecule has 6 nitrogen and oxygen atoms in total. The predicted molar refractivity (Wildman–Crippen MR) is 97.8 cm³/mol. The Kier molecular flexibility index (Phi) is 7.24. The lowest BCUT2D eigenvalue weighted by molar-refractivity contribution is -0.143. The van der Waals surface area contributed by atoms with E-state index >= 15 is 0 Å². The molecule has 136 valence electrons. The summed E-state index contributed by atoms with van der Waals surface area (Å²) in [6.07, 6.45) is 2.84. The van der Waals surface area contributed by atoms with E-state index in [2.05, 4.69) is 5.32 Å². The molecular weight excluding hydrogens is 334 g/mol. The summed E-state index contributed by atoms with van der Waals surface area (Å²) in [5, 5.41) is 2.68. The highest BCUT2D eigenvalue weighted by Crippen LogP contribution is 2.18. The molecule has 0 heterocycles. The van der Waals surface area contributed by atoms with Gasteiger partial charge in [-0.15, -0.1) is 0 Å². The van der Waals surface area contributed by atoms with E-state index < -0.39 is 5.97 Å². The minimum atomic E-state index is -0.604. The van der Waals surface area contributed by atoms with Gasteiger partial charge in [-0.3, -0.25) is 4.79 Å². The minimum absolute atomic E-state index is 0.324. The number of carbonyl (C=O) groups is 2. The van der Waals surface area contributed by atoms with Gasteiger partial charge in [0.15, 0.2) is 6.61 Å². The van der Waals surface area contributed by atoms with Crippen molar-refractivity contribution >= 4 is 18.0 Å². The topological polar surface area (TPSA) is 73.9 Å². The van der Waals surface area contributed by atoms with Crippen molar-refractivity contribution in [2.24, 2.45) is 0 Å². The molecule has 0 fully saturated rings. The van der Waals surface area contributed by atoms with Crippen LogP contribution < -0.4 is 14.8 Å². The lowest BCUT2D eigenvalue weighted by Gasteiger charge is -2.07. The van der Waals surface area contributed by atoms with Crippen molar-refractivity contribution in [3.63, 3.8) is 0 Å². The van der Waals surface area contributed by atoms with E-state index in [0.29, 0.717) is 18.0 Å². The first-order valence-corrected chi connectivity index (χ1v) is 8.00. The van der Waals surface area contributed by atoms with Crippen LogP contribution >= 0.6 is 0 Å². The third-order valence-electron chi connectivity index (χ3n) is 3.51. The molecule has 0 unspecified atom stereocenters. The molecule has 0 atom stereocenters. The number of hydrogen-bond acceptors (Lipinski definition) is 5. The van der Waals surface area contributed by atoms with Gasteiger partial charge in [0.25, 0.3) is 5.91 Å². The standard InChI is InChI=1S/C20H21NO5/c1-24-17-8-5-6-15(12-17)13-21-19(22)14-26-20(23)11-10-16-7-3-4-9-18(16)25-2/h3-12H,13-14H2,1-2H3,(H,21,22)/b11-10+. The largest absolute Gasteiger partial charge is 0.497 e. The van der Waals surface area contributed by atoms with Crippen molar-refractivity contribution in [1.29, 1.82) is 0 Å². The Balaban J connectivity index is 1.77. The fourth-order valence-electron chi connectivity index (χ4n) is 2.18. The van der Waals surface area contributed by atoms with Gasteiger partial charge in [-0.25, -0.2) is 4.79 Å². The van der Waals surface area contributed by atoms with E-state index in [1.165, 1.54) is 6.08 Å². The molecule has 0 radical (unpaired) electrons. The predicted octanol–water partition coefficient (Wildman–Crippen LogP) is 2.58. The van der Waals surface area contributed by atoms with E-state index in [0.717, 1.165) is 11.1 Å². The molecule has 0 aliphatic carbocycles. The lowest BCUT2D eigenvalue weighted by atomic mass is 10.2. The molecular formula is C20H21NO5. The third kappa shape index (κ3) is 5.98. The summed E-state index contributed by atoms with van der Waals surface area (Å²) in [5.41, 5.74) is 1.63. The van der Waals surface area contributed by atoms with Crippen molar-refractivity contribution < 1.29 is 23.8 Å². The Labute approximate surface area is 152 Å². The summed E-state index contributed by atoms with van der Waals surface area (Å²) in [7, 11) is 3.13. The lowest BCUT2D eigenvalue weighted by Crippen LogP contribution is -2.28. The van der Waals surface area contributed by atoms with Crippen LogP contribution in [0.15, 0.2) is 54.6 Å². The fourth-order valence-corrected chi connectivity index (χ4v) is 2.18. The van der Waals surface area contributed by atoms with Crippen LogP contribution in [0.4, 0.5) is 0 Å². The number of para-hydroxylation sites is 1. The molecule has 0 saturated carbocycles. The number of rotatable bonds is 8. The number of ether oxygens (including phenoxy) is 3. The Morgan fingerprint density at radius 2 is 1.85 bits per heavy atom. The monoisotopic (exact) mass is 355 g/mol. The zero-order chi connectivity index (χ0) is 18.8. The van der Waals surface area contributed by atoms with Gasteiger partial charge in [0.1, 0.15) is 11.5 Å². The van der Waals surface area contributed by atoms with E-state index in [9.17, 15) is 9.59 Å². The molecule has 0 aromatic heterocycles. The van der Waals surface area contributed by atoms with Gasteiger partial charge in [0.05, 0.1) is 14.2 Å². The second kappa shape index (κ2) is 9.88. The molecule has 2 aromatic rings. The van der Waals surface area contributed by atoms with Gasteiger partial charge in [-0.2, -0.15) is 0 Å². The maximum absolute atomic E-state index is 11.8. The molecule has 1 amide bonds. The van der Waals surface area contributed by atoms with Gasteiger partial charge < -0.3 is 19.5 Å². The normalized spacial score (nSPS) is 10.4. The molecule has 0 saturated heterocycles. The van der Waals surface area contributed by atoms with Crippen LogP contribution in [-0.2, 0) is 20.9 Å². The minimum Gasteiger partial charge on any atom is -0.497 e. The third-order valence-corrected chi connectivity index (χ3v) is 3.51. The number of carbonyl (C=O) groups excluding carboxylic acids is 2. The molecule has 1 N–H and O–H groups in total. The van der Waals surface area contributed by atoms with Crippen molar-refractivity contribution in [2.45, 2.75) is 6.54 Å². The van der Waals surface area contributed by atoms with Crippen molar-refractivity contribution in [3.8, 4) is 11.5 Å². The van der Waals surface area contributed by atoms with E-state index in [1.807, 2.05) is 42.5 Å². The molecule has 2 rings (SSSR count). The summed E-state index contributed by atoms with van der Waals surface area (Å²) >= 11 is 0. The van der Waals surface area contributed by atoms with Gasteiger partial charge in [-0.05, 0) is 29.8 Å². The highest BCUT2D eigenvalue weighted by Gasteiger charge is 2.06. The van der Waals surface area contributed by atoms with Crippen LogP contribution in [0, 0.1) is 0 Å². The fraction of sp³-hybridized carbons (Fsp3) is 0.200. The van der Waals surface area contributed by atoms with Crippen molar-refractivity contribution in [1.82, 2.24) is 5.32 Å². The first kappa shape index (κ1) is 19.1. The number of benzene rings is 2. The smallest absolute Gasteiger partial charge is 0.331 e. The maximum atomic E-state index is 11.8. The number of methoxy groups -OCH3 is 2. The second-order valence-electron chi connectivity index (χ2n) is 5.31. The molecule has 6 heteroatoms. The Hall–Kier alpha value is -3.28. The van der Waals surface area contributed by atoms with Crippen LogP contribution in [0.1, 0.15) is 11.1 Å². The Bertz CT molecular complexity index is 785. The quantitative estimate of drug-likeness (QED) is 0.582. The summed E-state index contributed by atoms with van der Waals surface area (Å²) < 4.78 is 15.2. The average Bonchev–Trinajstić information content (AvgIpc) is 2.69. The molecule has 0 bridgehead atoms. The second-order valence-corrected chi connectivity index (χ2v) is 5.31. The summed E-state index contributed by atoms with van der Waals surface area (Å²) in [6.45, 7) is -0.0241. The zero-order valence-corrected chi connectivity index (χ0v) is 14.7. The maximum Gasteiger partial charge on any atom is 0.331 e. The molecule has 0 aliphatic heterocycles. The van der Waals surface area contributed by atoms with Crippen LogP contribution in [0.25, 0.3) is 6.08 Å². The highest BCUT2D eigenvalue weighted by molar-refractivity contribution is 5.89. The molecule has 0 aliphatic rings. The van der Waals surface area contributed by atoms with Crippen molar-refractivity contribution in [2.75, 3.05) is 20.8 Å². The number of nitrogens with one attached hydrogen (secondary N) is 1. The Morgan fingerprint density at radius 1 is 1.04 bits per heavy atom. The molecule has 0 spiro atoms. The first-order chi connectivity index (χ1) is 12.6. The number of hydrogen-bond donors (Lipinski definition) is 1. The van der Waals surface area contributed by atoms with Crippen LogP contribution in [0.5, 0.6) is 11.5 Å². The van der Waals surface area contributed by atoms with Gasteiger partial charge in [-0.1, -0.05) is 30.3 Å². The zero-order valence-electron chi connectivity index (χ0n) is 14.7.